The van der Waals surface area contributed by atoms with Gasteiger partial charge in [-0.2, -0.15) is 0 Å². The fraction of sp³-hybridized carbons (Fsp3) is 0.259. The first-order chi connectivity index (χ1) is 17.8. The van der Waals surface area contributed by atoms with Crippen molar-refractivity contribution in [3.63, 3.8) is 0 Å². The highest BCUT2D eigenvalue weighted by atomic mass is 32.1. The van der Waals surface area contributed by atoms with E-state index in [1.807, 2.05) is 24.3 Å². The van der Waals surface area contributed by atoms with Crippen LogP contribution in [0.15, 0.2) is 63.5 Å². The molecule has 192 valence electrons. The van der Waals surface area contributed by atoms with Gasteiger partial charge in [-0.3, -0.25) is 14.2 Å². The molecule has 10 heteroatoms. The topological polar surface area (TPSA) is 105 Å². The summed E-state index contributed by atoms with van der Waals surface area (Å²) in [7, 11) is 3.02. The van der Waals surface area contributed by atoms with Gasteiger partial charge in [-0.15, -0.1) is 0 Å². The molecule has 1 atom stereocenters. The molecule has 0 N–H and O–H groups in total. The molecule has 0 saturated carbocycles. The zero-order chi connectivity index (χ0) is 26.7. The molecule has 3 aromatic rings. The van der Waals surface area contributed by atoms with Crippen LogP contribution in [0.1, 0.15) is 37.9 Å². The van der Waals surface area contributed by atoms with Crippen LogP contribution in [0.4, 0.5) is 0 Å². The standard InChI is InChI=1S/C27H26N2O7S/c1-6-35-26(32)23-15(2)28-27-29(24(23)18-10-11-20(36-16(3)30)21(14-18)34-5)25(31)22(37-27)13-17-8-7-9-19(12-17)33-4/h7-14,24H,6H2,1-5H3/b22-13+/t24-/m1/s1. The van der Waals surface area contributed by atoms with Gasteiger partial charge in [-0.05, 0) is 55.3 Å². The predicted molar refractivity (Wildman–Crippen MR) is 138 cm³/mol. The molecule has 0 unspecified atom stereocenters. The largest absolute Gasteiger partial charge is 0.497 e. The molecule has 0 radical (unpaired) electrons. The fourth-order valence-electron chi connectivity index (χ4n) is 4.08. The van der Waals surface area contributed by atoms with Crippen LogP contribution in [0.3, 0.4) is 0 Å². The van der Waals surface area contributed by atoms with Crippen molar-refractivity contribution in [2.24, 2.45) is 4.99 Å². The molecule has 2 heterocycles. The Morgan fingerprint density at radius 3 is 2.57 bits per heavy atom. The van der Waals surface area contributed by atoms with Crippen LogP contribution in [0, 0.1) is 0 Å². The molecular weight excluding hydrogens is 496 g/mol. The van der Waals surface area contributed by atoms with Crippen molar-refractivity contribution >= 4 is 29.4 Å². The molecule has 0 amide bonds. The average molecular weight is 523 g/mol. The van der Waals surface area contributed by atoms with Crippen LogP contribution >= 0.6 is 11.3 Å². The number of aromatic nitrogens is 1. The summed E-state index contributed by atoms with van der Waals surface area (Å²) in [6.07, 6.45) is 1.76. The molecule has 9 nitrogen and oxygen atoms in total. The Morgan fingerprint density at radius 1 is 1.11 bits per heavy atom. The van der Waals surface area contributed by atoms with Crippen molar-refractivity contribution in [3.8, 4) is 17.2 Å². The molecular formula is C27H26N2O7S. The summed E-state index contributed by atoms with van der Waals surface area (Å²) in [6, 6.07) is 11.4. The lowest BCUT2D eigenvalue weighted by Crippen LogP contribution is -2.40. The minimum atomic E-state index is -0.831. The lowest BCUT2D eigenvalue weighted by atomic mass is 9.95. The fourth-order valence-corrected chi connectivity index (χ4v) is 5.13. The number of carbonyl (C=O) groups is 2. The maximum atomic E-state index is 13.7. The number of thiazole rings is 1. The molecule has 0 spiro atoms. The zero-order valence-corrected chi connectivity index (χ0v) is 21.9. The zero-order valence-electron chi connectivity index (χ0n) is 21.1. The van der Waals surface area contributed by atoms with Gasteiger partial charge < -0.3 is 18.9 Å². The summed E-state index contributed by atoms with van der Waals surface area (Å²) < 4.78 is 23.2. The number of ether oxygens (including phenoxy) is 4. The monoisotopic (exact) mass is 522 g/mol. The molecule has 1 aromatic heterocycles. The van der Waals surface area contributed by atoms with Crippen molar-refractivity contribution in [1.82, 2.24) is 4.57 Å². The molecule has 1 aliphatic heterocycles. The lowest BCUT2D eigenvalue weighted by Gasteiger charge is -2.25. The van der Waals surface area contributed by atoms with E-state index in [0.717, 1.165) is 5.56 Å². The first kappa shape index (κ1) is 25.9. The van der Waals surface area contributed by atoms with Gasteiger partial charge in [0.15, 0.2) is 16.3 Å². The van der Waals surface area contributed by atoms with Gasteiger partial charge in [0, 0.05) is 6.92 Å². The van der Waals surface area contributed by atoms with E-state index < -0.39 is 18.0 Å². The van der Waals surface area contributed by atoms with Crippen molar-refractivity contribution in [2.75, 3.05) is 20.8 Å². The first-order valence-corrected chi connectivity index (χ1v) is 12.3. The van der Waals surface area contributed by atoms with Crippen molar-refractivity contribution in [1.29, 1.82) is 0 Å². The van der Waals surface area contributed by atoms with Gasteiger partial charge in [0.25, 0.3) is 5.56 Å². The molecule has 2 aromatic carbocycles. The average Bonchev–Trinajstić information content (AvgIpc) is 3.17. The van der Waals surface area contributed by atoms with Gasteiger partial charge in [-0.1, -0.05) is 29.5 Å². The van der Waals surface area contributed by atoms with E-state index in [4.69, 9.17) is 18.9 Å². The highest BCUT2D eigenvalue weighted by Gasteiger charge is 2.34. The highest BCUT2D eigenvalue weighted by molar-refractivity contribution is 7.07. The van der Waals surface area contributed by atoms with E-state index >= 15 is 0 Å². The molecule has 0 aliphatic carbocycles. The van der Waals surface area contributed by atoms with E-state index in [-0.39, 0.29) is 29.2 Å². The van der Waals surface area contributed by atoms with Gasteiger partial charge >= 0.3 is 11.9 Å². The molecule has 0 saturated heterocycles. The summed E-state index contributed by atoms with van der Waals surface area (Å²) in [5.74, 6) is 0.102. The molecule has 1 aliphatic rings. The minimum absolute atomic E-state index is 0.164. The van der Waals surface area contributed by atoms with Crippen molar-refractivity contribution < 1.29 is 28.5 Å². The number of esters is 2. The number of fused-ring (bicyclic) bond motifs is 1. The van der Waals surface area contributed by atoms with Gasteiger partial charge in [0.2, 0.25) is 0 Å². The highest BCUT2D eigenvalue weighted by Crippen LogP contribution is 2.36. The Bertz CT molecular complexity index is 1580. The van der Waals surface area contributed by atoms with Crippen LogP contribution in [-0.4, -0.2) is 37.3 Å². The van der Waals surface area contributed by atoms with Crippen LogP contribution in [0.5, 0.6) is 17.2 Å². The number of allylic oxidation sites excluding steroid dienone is 1. The van der Waals surface area contributed by atoms with Crippen LogP contribution in [-0.2, 0) is 14.3 Å². The summed E-state index contributed by atoms with van der Waals surface area (Å²) in [4.78, 5) is 43.3. The summed E-state index contributed by atoms with van der Waals surface area (Å²) in [5.41, 5.74) is 1.73. The normalized spacial score (nSPS) is 15.1. The summed E-state index contributed by atoms with van der Waals surface area (Å²) >= 11 is 1.22. The maximum Gasteiger partial charge on any atom is 0.338 e. The maximum absolute atomic E-state index is 13.7. The van der Waals surface area contributed by atoms with E-state index in [0.29, 0.717) is 26.3 Å². The Hall–Kier alpha value is -4.18. The van der Waals surface area contributed by atoms with E-state index in [2.05, 4.69) is 4.99 Å². The first-order valence-electron chi connectivity index (χ1n) is 11.5. The molecule has 37 heavy (non-hydrogen) atoms. The van der Waals surface area contributed by atoms with Crippen LogP contribution in [0.25, 0.3) is 6.08 Å². The van der Waals surface area contributed by atoms with Crippen LogP contribution < -0.4 is 29.1 Å². The number of nitrogens with zero attached hydrogens (tertiary/aromatic N) is 2. The number of hydrogen-bond acceptors (Lipinski definition) is 9. The van der Waals surface area contributed by atoms with E-state index in [9.17, 15) is 14.4 Å². The molecule has 0 bridgehead atoms. The second-order valence-electron chi connectivity index (χ2n) is 8.08. The second kappa shape index (κ2) is 10.8. The predicted octanol–water partition coefficient (Wildman–Crippen LogP) is 2.74. The third-order valence-electron chi connectivity index (χ3n) is 5.67. The van der Waals surface area contributed by atoms with E-state index in [1.54, 1.807) is 45.2 Å². The van der Waals surface area contributed by atoms with E-state index in [1.165, 1.54) is 29.9 Å². The summed E-state index contributed by atoms with van der Waals surface area (Å²) in [5, 5.41) is 0. The SMILES string of the molecule is CCOC(=O)C1=C(C)N=c2s/c(=C/c3cccc(OC)c3)c(=O)n2[C@@H]1c1ccc(OC(C)=O)c(OC)c1. The second-order valence-corrected chi connectivity index (χ2v) is 9.09. The van der Waals surface area contributed by atoms with Gasteiger partial charge in [-0.25, -0.2) is 9.79 Å². The number of rotatable bonds is 7. The Balaban J connectivity index is 1.94. The van der Waals surface area contributed by atoms with Crippen molar-refractivity contribution in [3.05, 3.63) is 84.5 Å². The number of hydrogen-bond donors (Lipinski definition) is 0. The van der Waals surface area contributed by atoms with Crippen LogP contribution in [0.2, 0.25) is 0 Å². The molecule has 4 rings (SSSR count). The Labute approximate surface area is 216 Å². The lowest BCUT2D eigenvalue weighted by molar-refractivity contribution is -0.139. The minimum Gasteiger partial charge on any atom is -0.497 e. The van der Waals surface area contributed by atoms with Gasteiger partial charge in [0.05, 0.1) is 42.7 Å². The number of carbonyl (C=O) groups excluding carboxylic acids is 2. The summed E-state index contributed by atoms with van der Waals surface area (Å²) in [6.45, 7) is 4.88. The third kappa shape index (κ3) is 5.19. The Kier molecular flexibility index (Phi) is 7.58. The molecule has 0 fully saturated rings. The number of methoxy groups -OCH3 is 2. The number of benzene rings is 2. The van der Waals surface area contributed by atoms with Crippen molar-refractivity contribution in [2.45, 2.75) is 26.8 Å². The Morgan fingerprint density at radius 2 is 1.89 bits per heavy atom. The quantitative estimate of drug-likeness (QED) is 0.347. The smallest absolute Gasteiger partial charge is 0.338 e. The van der Waals surface area contributed by atoms with Gasteiger partial charge in [0.1, 0.15) is 5.75 Å². The third-order valence-corrected chi connectivity index (χ3v) is 6.65.